The molecular weight excluding hydrogens is 248 g/mol. The van der Waals surface area contributed by atoms with Gasteiger partial charge in [-0.1, -0.05) is 5.16 Å². The average Bonchev–Trinajstić information content (AvgIpc) is 2.79. The number of hydrogen-bond acceptors (Lipinski definition) is 6. The molecule has 6 heteroatoms. The summed E-state index contributed by atoms with van der Waals surface area (Å²) in [4.78, 5) is 16.2. The third kappa shape index (κ3) is 2.25. The molecule has 0 bridgehead atoms. The Morgan fingerprint density at radius 1 is 1.47 bits per heavy atom. The van der Waals surface area contributed by atoms with Crippen molar-refractivity contribution in [3.05, 3.63) is 11.7 Å². The number of aromatic nitrogens is 2. The first-order valence-corrected chi connectivity index (χ1v) is 6.53. The van der Waals surface area contributed by atoms with Gasteiger partial charge in [0, 0.05) is 7.11 Å². The summed E-state index contributed by atoms with van der Waals surface area (Å²) in [7, 11) is 1.64. The summed E-state index contributed by atoms with van der Waals surface area (Å²) in [6.07, 6.45) is 2.84. The third-order valence-corrected chi connectivity index (χ3v) is 3.71. The highest BCUT2D eigenvalue weighted by atomic mass is 16.5. The van der Waals surface area contributed by atoms with Gasteiger partial charge >= 0.3 is 5.97 Å². The highest BCUT2D eigenvalue weighted by molar-refractivity contribution is 5.80. The summed E-state index contributed by atoms with van der Waals surface area (Å²) in [5.41, 5.74) is -1.38. The zero-order valence-electron chi connectivity index (χ0n) is 11.9. The zero-order valence-corrected chi connectivity index (χ0v) is 11.9. The molecule has 6 nitrogen and oxygen atoms in total. The lowest BCUT2D eigenvalue weighted by atomic mass is 9.79. The second-order valence-electron chi connectivity index (χ2n) is 5.32. The number of carbonyl (C=O) groups excluding carboxylic acids is 1. The molecule has 0 aliphatic heterocycles. The van der Waals surface area contributed by atoms with Crippen molar-refractivity contribution in [1.82, 2.24) is 10.1 Å². The van der Waals surface area contributed by atoms with Crippen molar-refractivity contribution in [3.63, 3.8) is 0 Å². The van der Waals surface area contributed by atoms with Crippen LogP contribution in [0.3, 0.4) is 0 Å². The van der Waals surface area contributed by atoms with Gasteiger partial charge in [0.2, 0.25) is 11.7 Å². The van der Waals surface area contributed by atoms with Crippen molar-refractivity contribution in [2.45, 2.75) is 51.0 Å². The smallest absolute Gasteiger partial charge is 0.321 e. The monoisotopic (exact) mass is 268 g/mol. The van der Waals surface area contributed by atoms with Crippen molar-refractivity contribution in [1.29, 1.82) is 0 Å². The summed E-state index contributed by atoms with van der Waals surface area (Å²) in [6.45, 7) is 5.51. The van der Waals surface area contributed by atoms with Gasteiger partial charge in [-0.25, -0.2) is 0 Å². The molecule has 0 aromatic carbocycles. The lowest BCUT2D eigenvalue weighted by Gasteiger charge is -2.37. The Morgan fingerprint density at radius 2 is 2.16 bits per heavy atom. The number of hydrogen-bond donors (Lipinski definition) is 0. The molecule has 1 heterocycles. The predicted octanol–water partition coefficient (Wildman–Crippen LogP) is 1.94. The minimum atomic E-state index is -0.945. The maximum atomic E-state index is 11.9. The van der Waals surface area contributed by atoms with Crippen molar-refractivity contribution in [3.8, 4) is 0 Å². The quantitative estimate of drug-likeness (QED) is 0.760. The van der Waals surface area contributed by atoms with Crippen LogP contribution in [0.4, 0.5) is 0 Å². The van der Waals surface area contributed by atoms with Gasteiger partial charge in [0.05, 0.1) is 6.61 Å². The van der Waals surface area contributed by atoms with Gasteiger partial charge in [-0.3, -0.25) is 4.79 Å². The molecule has 0 radical (unpaired) electrons. The highest BCUT2D eigenvalue weighted by Gasteiger charge is 2.45. The summed E-state index contributed by atoms with van der Waals surface area (Å²) < 4.78 is 15.8. The lowest BCUT2D eigenvalue weighted by Crippen LogP contribution is -2.37. The van der Waals surface area contributed by atoms with Crippen LogP contribution in [0.2, 0.25) is 0 Å². The van der Waals surface area contributed by atoms with E-state index in [4.69, 9.17) is 14.0 Å². The van der Waals surface area contributed by atoms with E-state index in [1.807, 2.05) is 0 Å². The van der Waals surface area contributed by atoms with Gasteiger partial charge in [-0.05, 0) is 40.0 Å². The highest BCUT2D eigenvalue weighted by Crippen LogP contribution is 2.43. The molecule has 0 unspecified atom stereocenters. The van der Waals surface area contributed by atoms with E-state index in [2.05, 4.69) is 10.1 Å². The largest absolute Gasteiger partial charge is 0.465 e. The number of carbonyl (C=O) groups is 1. The number of esters is 1. The van der Waals surface area contributed by atoms with Crippen LogP contribution in [0, 0.1) is 0 Å². The fraction of sp³-hybridized carbons (Fsp3) is 0.769. The molecule has 1 saturated carbocycles. The molecule has 0 N–H and O–H groups in total. The van der Waals surface area contributed by atoms with Crippen LogP contribution < -0.4 is 0 Å². The molecule has 0 spiro atoms. The van der Waals surface area contributed by atoms with E-state index in [-0.39, 0.29) is 11.9 Å². The Morgan fingerprint density at radius 3 is 2.63 bits per heavy atom. The molecule has 2 rings (SSSR count). The number of methoxy groups -OCH3 is 1. The van der Waals surface area contributed by atoms with Crippen LogP contribution in [0.25, 0.3) is 0 Å². The molecule has 0 amide bonds. The molecular formula is C13H20N2O4. The minimum Gasteiger partial charge on any atom is -0.465 e. The first-order valence-electron chi connectivity index (χ1n) is 6.53. The van der Waals surface area contributed by atoms with Gasteiger partial charge in [0.15, 0.2) is 0 Å². The topological polar surface area (TPSA) is 74.5 Å². The van der Waals surface area contributed by atoms with Crippen molar-refractivity contribution >= 4 is 5.97 Å². The van der Waals surface area contributed by atoms with E-state index in [0.717, 1.165) is 19.3 Å². The zero-order chi connectivity index (χ0) is 14.1. The van der Waals surface area contributed by atoms with Crippen LogP contribution in [0.15, 0.2) is 4.52 Å². The summed E-state index contributed by atoms with van der Waals surface area (Å²) in [5.74, 6) is 0.420. The molecule has 0 atom stereocenters. The molecule has 19 heavy (non-hydrogen) atoms. The van der Waals surface area contributed by atoms with Crippen molar-refractivity contribution in [2.75, 3.05) is 13.7 Å². The van der Waals surface area contributed by atoms with Gasteiger partial charge in [-0.2, -0.15) is 4.98 Å². The third-order valence-electron chi connectivity index (χ3n) is 3.71. The molecule has 0 saturated heterocycles. The van der Waals surface area contributed by atoms with E-state index < -0.39 is 11.0 Å². The Hall–Kier alpha value is -1.43. The van der Waals surface area contributed by atoms with E-state index in [0.29, 0.717) is 12.4 Å². The normalized spacial score (nSPS) is 17.9. The summed E-state index contributed by atoms with van der Waals surface area (Å²) in [6, 6.07) is 0. The maximum Gasteiger partial charge on any atom is 0.321 e. The van der Waals surface area contributed by atoms with Crippen molar-refractivity contribution in [2.24, 2.45) is 0 Å². The van der Waals surface area contributed by atoms with Gasteiger partial charge in [0.1, 0.15) is 11.0 Å². The Labute approximate surface area is 112 Å². The van der Waals surface area contributed by atoms with E-state index in [1.165, 1.54) is 0 Å². The fourth-order valence-corrected chi connectivity index (χ4v) is 2.08. The van der Waals surface area contributed by atoms with E-state index in [9.17, 15) is 4.79 Å². The molecule has 1 aromatic heterocycles. The Bertz CT molecular complexity index is 457. The van der Waals surface area contributed by atoms with Crippen LogP contribution in [-0.2, 0) is 25.3 Å². The summed E-state index contributed by atoms with van der Waals surface area (Å²) in [5, 5.41) is 3.97. The Kier molecular flexibility index (Phi) is 3.62. The second-order valence-corrected chi connectivity index (χ2v) is 5.32. The number of ether oxygens (including phenoxy) is 2. The second kappa shape index (κ2) is 4.92. The minimum absolute atomic E-state index is 0.268. The van der Waals surface area contributed by atoms with Crippen LogP contribution in [-0.4, -0.2) is 29.8 Å². The molecule has 106 valence electrons. The van der Waals surface area contributed by atoms with Crippen LogP contribution in [0.1, 0.15) is 51.7 Å². The average molecular weight is 268 g/mol. The van der Waals surface area contributed by atoms with Gasteiger partial charge in [0.25, 0.3) is 0 Å². The number of rotatable bonds is 5. The molecule has 1 aromatic rings. The predicted molar refractivity (Wildman–Crippen MR) is 66.5 cm³/mol. The van der Waals surface area contributed by atoms with Gasteiger partial charge in [-0.15, -0.1) is 0 Å². The molecule has 1 fully saturated rings. The van der Waals surface area contributed by atoms with Gasteiger partial charge < -0.3 is 14.0 Å². The Balaban J connectivity index is 2.23. The first-order chi connectivity index (χ1) is 8.96. The molecule has 1 aliphatic rings. The fourth-order valence-electron chi connectivity index (χ4n) is 2.08. The van der Waals surface area contributed by atoms with E-state index >= 15 is 0 Å². The first kappa shape index (κ1) is 14.0. The maximum absolute atomic E-state index is 11.9. The van der Waals surface area contributed by atoms with Crippen LogP contribution in [0.5, 0.6) is 0 Å². The van der Waals surface area contributed by atoms with E-state index in [1.54, 1.807) is 27.9 Å². The standard InChI is InChI=1S/C13H20N2O4/c1-5-18-11(16)12(2,3)10-14-9(15-19-10)13(17-4)7-6-8-13/h5-8H2,1-4H3. The number of nitrogens with zero attached hydrogens (tertiary/aromatic N) is 2. The lowest BCUT2D eigenvalue weighted by molar-refractivity contribution is -0.149. The SMILES string of the molecule is CCOC(=O)C(C)(C)c1nc(C2(OC)CCC2)no1. The van der Waals surface area contributed by atoms with Crippen LogP contribution >= 0.6 is 0 Å². The van der Waals surface area contributed by atoms with Crippen molar-refractivity contribution < 1.29 is 18.8 Å². The summed E-state index contributed by atoms with van der Waals surface area (Å²) >= 11 is 0. The molecule has 1 aliphatic carbocycles.